The predicted molar refractivity (Wildman–Crippen MR) is 105 cm³/mol. The van der Waals surface area contributed by atoms with E-state index in [0.717, 1.165) is 5.69 Å². The lowest BCUT2D eigenvalue weighted by atomic mass is 10.2. The van der Waals surface area contributed by atoms with Crippen LogP contribution in [0.4, 0.5) is 24.7 Å². The maximum atomic E-state index is 12.5. The third-order valence-corrected chi connectivity index (χ3v) is 5.29. The van der Waals surface area contributed by atoms with Gasteiger partial charge in [-0.15, -0.1) is 0 Å². The van der Waals surface area contributed by atoms with Crippen LogP contribution >= 0.6 is 0 Å². The average Bonchev–Trinajstić information content (AvgIpc) is 3.16. The highest BCUT2D eigenvalue weighted by Gasteiger charge is 2.32. The summed E-state index contributed by atoms with van der Waals surface area (Å²) in [6.45, 7) is 1.76. The highest BCUT2D eigenvalue weighted by molar-refractivity contribution is 5.49. The van der Waals surface area contributed by atoms with Crippen LogP contribution in [0.15, 0.2) is 30.5 Å². The van der Waals surface area contributed by atoms with Crippen LogP contribution in [0.3, 0.4) is 0 Å². The number of hydrogen-bond acceptors (Lipinski definition) is 7. The molecule has 12 heteroatoms. The zero-order valence-corrected chi connectivity index (χ0v) is 16.6. The lowest BCUT2D eigenvalue weighted by Gasteiger charge is -2.36. The number of aryl methyl sites for hydroxylation is 1. The second kappa shape index (κ2) is 8.61. The van der Waals surface area contributed by atoms with Gasteiger partial charge >= 0.3 is 18.0 Å². The van der Waals surface area contributed by atoms with Crippen LogP contribution in [0.2, 0.25) is 0 Å². The highest BCUT2D eigenvalue weighted by atomic mass is 19.4. The zero-order chi connectivity index (χ0) is 22.0. The molecule has 1 saturated heterocycles. The van der Waals surface area contributed by atoms with Gasteiger partial charge in [-0.05, 0) is 29.2 Å². The topological polar surface area (TPSA) is 85.9 Å². The third-order valence-electron chi connectivity index (χ3n) is 5.29. The number of nitro groups is 1. The van der Waals surface area contributed by atoms with Gasteiger partial charge in [-0.3, -0.25) is 9.47 Å². The molecule has 1 aromatic heterocycles. The first kappa shape index (κ1) is 21.2. The second-order valence-corrected chi connectivity index (χ2v) is 7.54. The number of benzene rings is 1. The Morgan fingerprint density at radius 3 is 2.52 bits per heavy atom. The summed E-state index contributed by atoms with van der Waals surface area (Å²) in [5, 5.41) is 10.8. The monoisotopic (exact) mass is 441 g/mol. The van der Waals surface area contributed by atoms with Crippen molar-refractivity contribution in [1.29, 1.82) is 0 Å². The van der Waals surface area contributed by atoms with Crippen LogP contribution in [0, 0.1) is 10.1 Å². The number of fused-ring (bicyclic) bond motifs is 1. The molecule has 0 bridgehead atoms. The molecule has 1 aromatic carbocycles. The molecule has 2 aliphatic heterocycles. The number of hydrogen-bond donors (Lipinski definition) is 0. The van der Waals surface area contributed by atoms with E-state index in [9.17, 15) is 23.3 Å². The lowest BCUT2D eigenvalue weighted by molar-refractivity contribution is -0.389. The van der Waals surface area contributed by atoms with E-state index in [0.29, 0.717) is 44.9 Å². The normalized spacial score (nSPS) is 19.6. The molecule has 0 radical (unpaired) electrons. The SMILES string of the molecule is O=[N+]([O-])c1cn2c(n1)OC(COc1ccc(N3CCN(CC(F)(F)F)CC3)cc1)CC2. The van der Waals surface area contributed by atoms with Crippen molar-refractivity contribution < 1.29 is 27.6 Å². The summed E-state index contributed by atoms with van der Waals surface area (Å²) in [5.74, 6) is 0.398. The van der Waals surface area contributed by atoms with Gasteiger partial charge in [0.25, 0.3) is 0 Å². The van der Waals surface area contributed by atoms with E-state index in [1.807, 2.05) is 29.2 Å². The van der Waals surface area contributed by atoms with E-state index >= 15 is 0 Å². The summed E-state index contributed by atoms with van der Waals surface area (Å²) in [5.41, 5.74) is 0.933. The number of rotatable bonds is 6. The Morgan fingerprint density at radius 1 is 1.16 bits per heavy atom. The molecule has 1 atom stereocenters. The van der Waals surface area contributed by atoms with Gasteiger partial charge < -0.3 is 24.5 Å². The van der Waals surface area contributed by atoms with Gasteiger partial charge in [0.1, 0.15) is 24.7 Å². The first-order valence-corrected chi connectivity index (χ1v) is 9.92. The molecule has 0 spiro atoms. The number of aromatic nitrogens is 2. The molecule has 9 nitrogen and oxygen atoms in total. The smallest absolute Gasteiger partial charge is 0.414 e. The Hall–Kier alpha value is -3.02. The fraction of sp³-hybridized carbons (Fsp3) is 0.526. The summed E-state index contributed by atoms with van der Waals surface area (Å²) in [6.07, 6.45) is -2.44. The number of piperazine rings is 1. The lowest BCUT2D eigenvalue weighted by Crippen LogP contribution is -2.49. The van der Waals surface area contributed by atoms with E-state index in [1.165, 1.54) is 11.1 Å². The molecule has 3 heterocycles. The first-order valence-electron chi connectivity index (χ1n) is 9.92. The zero-order valence-electron chi connectivity index (χ0n) is 16.6. The molecule has 4 rings (SSSR count). The first-order chi connectivity index (χ1) is 14.8. The Balaban J connectivity index is 1.25. The molecule has 1 fully saturated rings. The molecule has 2 aliphatic rings. The van der Waals surface area contributed by atoms with Crippen LogP contribution in [0.1, 0.15) is 6.42 Å². The summed E-state index contributed by atoms with van der Waals surface area (Å²) < 4.78 is 50.6. The van der Waals surface area contributed by atoms with Crippen LogP contribution in [0.25, 0.3) is 0 Å². The van der Waals surface area contributed by atoms with Gasteiger partial charge in [0.2, 0.25) is 0 Å². The van der Waals surface area contributed by atoms with E-state index < -0.39 is 17.6 Å². The van der Waals surface area contributed by atoms with E-state index in [1.54, 1.807) is 4.57 Å². The summed E-state index contributed by atoms with van der Waals surface area (Å²) >= 11 is 0. The quantitative estimate of drug-likeness (QED) is 0.503. The Morgan fingerprint density at radius 2 is 1.87 bits per heavy atom. The third kappa shape index (κ3) is 5.37. The Labute approximate surface area is 176 Å². The van der Waals surface area contributed by atoms with E-state index in [4.69, 9.17) is 9.47 Å². The summed E-state index contributed by atoms with van der Waals surface area (Å²) in [4.78, 5) is 17.6. The van der Waals surface area contributed by atoms with Crippen LogP contribution in [0.5, 0.6) is 11.8 Å². The van der Waals surface area contributed by atoms with Crippen molar-refractivity contribution in [3.63, 3.8) is 0 Å². The van der Waals surface area contributed by atoms with Crippen molar-refractivity contribution in [3.05, 3.63) is 40.6 Å². The second-order valence-electron chi connectivity index (χ2n) is 7.54. The largest absolute Gasteiger partial charge is 0.490 e. The fourth-order valence-electron chi connectivity index (χ4n) is 3.70. The standard InChI is InChI=1S/C19H22F3N5O4/c20-19(21,22)13-24-7-9-25(10-8-24)14-1-3-15(4-2-14)30-12-16-5-6-26-11-17(27(28)29)23-18(26)31-16/h1-4,11,16H,5-10,12-13H2. The predicted octanol–water partition coefficient (Wildman–Crippen LogP) is 2.71. The number of imidazole rings is 1. The molecular weight excluding hydrogens is 419 g/mol. The molecule has 0 N–H and O–H groups in total. The number of ether oxygens (including phenoxy) is 2. The molecular formula is C19H22F3N5O4. The minimum Gasteiger partial charge on any atom is -0.490 e. The maximum absolute atomic E-state index is 12.5. The fourth-order valence-corrected chi connectivity index (χ4v) is 3.70. The molecule has 0 amide bonds. The van der Waals surface area contributed by atoms with Gasteiger partial charge in [-0.25, -0.2) is 0 Å². The van der Waals surface area contributed by atoms with Crippen molar-refractivity contribution in [3.8, 4) is 11.8 Å². The van der Waals surface area contributed by atoms with Crippen molar-refractivity contribution in [2.75, 3.05) is 44.2 Å². The number of halogens is 3. The van der Waals surface area contributed by atoms with Crippen molar-refractivity contribution in [2.45, 2.75) is 25.2 Å². The Kier molecular flexibility index (Phi) is 5.90. The maximum Gasteiger partial charge on any atom is 0.414 e. The highest BCUT2D eigenvalue weighted by Crippen LogP contribution is 2.26. The van der Waals surface area contributed by atoms with Gasteiger partial charge in [-0.2, -0.15) is 13.2 Å². The van der Waals surface area contributed by atoms with Crippen LogP contribution in [-0.2, 0) is 6.54 Å². The van der Waals surface area contributed by atoms with Crippen molar-refractivity contribution in [1.82, 2.24) is 14.5 Å². The van der Waals surface area contributed by atoms with E-state index in [-0.39, 0.29) is 24.5 Å². The van der Waals surface area contributed by atoms with Gasteiger partial charge in [0.05, 0.1) is 6.54 Å². The van der Waals surface area contributed by atoms with E-state index in [2.05, 4.69) is 4.98 Å². The number of alkyl halides is 3. The molecule has 1 unspecified atom stereocenters. The van der Waals surface area contributed by atoms with Crippen molar-refractivity contribution >= 4 is 11.5 Å². The average molecular weight is 441 g/mol. The Bertz CT molecular complexity index is 910. The number of anilines is 1. The summed E-state index contributed by atoms with van der Waals surface area (Å²) in [7, 11) is 0. The minimum atomic E-state index is -4.17. The van der Waals surface area contributed by atoms with Gasteiger partial charge in [0.15, 0.2) is 0 Å². The molecule has 168 valence electrons. The molecule has 0 aliphatic carbocycles. The van der Waals surface area contributed by atoms with Crippen molar-refractivity contribution in [2.24, 2.45) is 0 Å². The van der Waals surface area contributed by atoms with Crippen LogP contribution in [-0.4, -0.2) is 71.0 Å². The van der Waals surface area contributed by atoms with Gasteiger partial charge in [0, 0.05) is 49.8 Å². The van der Waals surface area contributed by atoms with Gasteiger partial charge in [-0.1, -0.05) is 0 Å². The summed E-state index contributed by atoms with van der Waals surface area (Å²) in [6, 6.07) is 7.60. The minimum absolute atomic E-state index is 0.214. The molecule has 2 aromatic rings. The number of nitrogens with zero attached hydrogens (tertiary/aromatic N) is 5. The molecule has 31 heavy (non-hydrogen) atoms. The molecule has 0 saturated carbocycles. The van der Waals surface area contributed by atoms with Crippen LogP contribution < -0.4 is 14.4 Å².